The van der Waals surface area contributed by atoms with Crippen LogP contribution in [0.2, 0.25) is 0 Å². The summed E-state index contributed by atoms with van der Waals surface area (Å²) in [6.45, 7) is 5.57. The number of benzene rings is 2. The third kappa shape index (κ3) is 8.19. The lowest BCUT2D eigenvalue weighted by molar-refractivity contribution is 0.144. The lowest BCUT2D eigenvalue weighted by atomic mass is 10.2. The maximum atomic E-state index is 12.9. The van der Waals surface area contributed by atoms with Crippen molar-refractivity contribution >= 4 is 28.3 Å². The molecule has 0 heterocycles. The van der Waals surface area contributed by atoms with Crippen molar-refractivity contribution in [1.82, 2.24) is 5.32 Å². The molecule has 3 nitrogen and oxygen atoms in total. The lowest BCUT2D eigenvalue weighted by Crippen LogP contribution is -2.17. The summed E-state index contributed by atoms with van der Waals surface area (Å²) < 4.78 is 25.2. The van der Waals surface area contributed by atoms with Crippen molar-refractivity contribution in [3.8, 4) is 5.75 Å². The molecule has 2 rings (SSSR count). The average Bonchev–Trinajstić information content (AvgIpc) is 2.58. The normalized spacial score (nSPS) is 10.4. The first-order valence-corrected chi connectivity index (χ1v) is 8.92. The minimum absolute atomic E-state index is 0. The van der Waals surface area contributed by atoms with Gasteiger partial charge >= 0.3 is 0 Å². The molecular weight excluding hydrogens is 409 g/mol. The summed E-state index contributed by atoms with van der Waals surface area (Å²) in [5.74, 6) is 0.596. The fourth-order valence-corrected chi connectivity index (χ4v) is 2.64. The Hall–Kier alpha value is -1.14. The maximum Gasteiger partial charge on any atom is 0.124 e. The van der Waals surface area contributed by atoms with E-state index in [1.165, 1.54) is 12.1 Å². The van der Waals surface area contributed by atoms with Crippen LogP contribution >= 0.6 is 28.3 Å². The number of hydrogen-bond donors (Lipinski definition) is 1. The summed E-state index contributed by atoms with van der Waals surface area (Å²) >= 11 is 3.50. The Labute approximate surface area is 163 Å². The molecule has 0 saturated carbocycles. The second-order valence-electron chi connectivity index (χ2n) is 5.39. The molecule has 0 amide bonds. The maximum absolute atomic E-state index is 12.9. The highest BCUT2D eigenvalue weighted by atomic mass is 79.9. The molecule has 0 radical (unpaired) electrons. The minimum atomic E-state index is -0.237. The van der Waals surface area contributed by atoms with Crippen LogP contribution in [0.1, 0.15) is 24.5 Å². The highest BCUT2D eigenvalue weighted by Gasteiger charge is 2.05. The van der Waals surface area contributed by atoms with E-state index in [0.717, 1.165) is 54.1 Å². The zero-order valence-electron chi connectivity index (χ0n) is 14.3. The van der Waals surface area contributed by atoms with Crippen molar-refractivity contribution in [1.29, 1.82) is 0 Å². The van der Waals surface area contributed by atoms with Crippen LogP contribution in [0, 0.1) is 5.82 Å². The summed E-state index contributed by atoms with van der Waals surface area (Å²) in [6.07, 6.45) is 0.980. The number of nitrogens with one attached hydrogen (secondary N) is 1. The van der Waals surface area contributed by atoms with Gasteiger partial charge in [-0.25, -0.2) is 4.39 Å². The topological polar surface area (TPSA) is 30.5 Å². The van der Waals surface area contributed by atoms with Gasteiger partial charge in [0.1, 0.15) is 18.2 Å². The summed E-state index contributed by atoms with van der Waals surface area (Å²) in [6, 6.07) is 12.3. The first kappa shape index (κ1) is 21.9. The van der Waals surface area contributed by atoms with Crippen LogP contribution in [0.4, 0.5) is 4.39 Å². The van der Waals surface area contributed by atoms with Gasteiger partial charge in [-0.3, -0.25) is 0 Å². The molecule has 0 saturated heterocycles. The highest BCUT2D eigenvalue weighted by Crippen LogP contribution is 2.24. The van der Waals surface area contributed by atoms with Gasteiger partial charge in [-0.15, -0.1) is 12.4 Å². The standard InChI is InChI=1S/C19H23BrFNO2.ClH/c1-2-23-11-3-10-22-13-16-12-17(20)6-9-19(16)24-14-15-4-7-18(21)8-5-15;/h4-9,12,22H,2-3,10-11,13-14H2,1H3;1H. The second kappa shape index (κ2) is 12.3. The average molecular weight is 433 g/mol. The number of halogens is 3. The molecule has 0 aromatic heterocycles. The third-order valence-electron chi connectivity index (χ3n) is 3.49. The van der Waals surface area contributed by atoms with E-state index in [1.54, 1.807) is 12.1 Å². The van der Waals surface area contributed by atoms with E-state index in [4.69, 9.17) is 9.47 Å². The molecule has 0 aliphatic carbocycles. The highest BCUT2D eigenvalue weighted by molar-refractivity contribution is 9.10. The van der Waals surface area contributed by atoms with Crippen LogP contribution < -0.4 is 10.1 Å². The summed E-state index contributed by atoms with van der Waals surface area (Å²) in [5.41, 5.74) is 2.03. The van der Waals surface area contributed by atoms with E-state index in [9.17, 15) is 4.39 Å². The third-order valence-corrected chi connectivity index (χ3v) is 3.99. The smallest absolute Gasteiger partial charge is 0.124 e. The van der Waals surface area contributed by atoms with Gasteiger partial charge in [-0.05, 0) is 55.8 Å². The molecule has 6 heteroatoms. The zero-order valence-corrected chi connectivity index (χ0v) is 16.7. The first-order valence-electron chi connectivity index (χ1n) is 8.13. The predicted molar refractivity (Wildman–Crippen MR) is 105 cm³/mol. The number of hydrogen-bond acceptors (Lipinski definition) is 3. The number of rotatable bonds is 10. The van der Waals surface area contributed by atoms with Gasteiger partial charge < -0.3 is 14.8 Å². The molecule has 0 bridgehead atoms. The van der Waals surface area contributed by atoms with E-state index in [1.807, 2.05) is 19.1 Å². The first-order chi connectivity index (χ1) is 11.7. The SMILES string of the molecule is CCOCCCNCc1cc(Br)ccc1OCc1ccc(F)cc1.Cl. The monoisotopic (exact) mass is 431 g/mol. The zero-order chi connectivity index (χ0) is 17.2. The van der Waals surface area contributed by atoms with E-state index in [2.05, 4.69) is 27.3 Å². The van der Waals surface area contributed by atoms with Gasteiger partial charge in [-0.1, -0.05) is 28.1 Å². The predicted octanol–water partition coefficient (Wildman–Crippen LogP) is 5.11. The molecule has 0 atom stereocenters. The Morgan fingerprint density at radius 2 is 1.88 bits per heavy atom. The fraction of sp³-hybridized carbons (Fsp3) is 0.368. The van der Waals surface area contributed by atoms with Crippen molar-refractivity contribution in [2.75, 3.05) is 19.8 Å². The fourth-order valence-electron chi connectivity index (χ4n) is 2.24. The van der Waals surface area contributed by atoms with Crippen molar-refractivity contribution < 1.29 is 13.9 Å². The van der Waals surface area contributed by atoms with Gasteiger partial charge in [0, 0.05) is 29.8 Å². The Kier molecular flexibility index (Phi) is 10.7. The molecule has 0 aliphatic heterocycles. The molecule has 0 aliphatic rings. The minimum Gasteiger partial charge on any atom is -0.489 e. The van der Waals surface area contributed by atoms with Gasteiger partial charge in [0.25, 0.3) is 0 Å². The van der Waals surface area contributed by atoms with E-state index in [-0.39, 0.29) is 18.2 Å². The van der Waals surface area contributed by atoms with Gasteiger partial charge in [-0.2, -0.15) is 0 Å². The summed E-state index contributed by atoms with van der Waals surface area (Å²) in [7, 11) is 0. The molecule has 2 aromatic carbocycles. The molecule has 25 heavy (non-hydrogen) atoms. The van der Waals surface area contributed by atoms with Crippen LogP contribution in [-0.2, 0) is 17.9 Å². The Balaban J connectivity index is 0.00000312. The van der Waals surface area contributed by atoms with Gasteiger partial charge in [0.2, 0.25) is 0 Å². The number of ether oxygens (including phenoxy) is 2. The quantitative estimate of drug-likeness (QED) is 0.530. The molecule has 0 unspecified atom stereocenters. The van der Waals surface area contributed by atoms with Crippen LogP contribution in [0.15, 0.2) is 46.9 Å². The van der Waals surface area contributed by atoms with Crippen LogP contribution in [-0.4, -0.2) is 19.8 Å². The Morgan fingerprint density at radius 3 is 2.60 bits per heavy atom. The summed E-state index contributed by atoms with van der Waals surface area (Å²) in [5, 5.41) is 3.40. The summed E-state index contributed by atoms with van der Waals surface area (Å²) in [4.78, 5) is 0. The van der Waals surface area contributed by atoms with Gasteiger partial charge in [0.05, 0.1) is 0 Å². The Morgan fingerprint density at radius 1 is 1.12 bits per heavy atom. The van der Waals surface area contributed by atoms with Crippen LogP contribution in [0.3, 0.4) is 0 Å². The molecule has 138 valence electrons. The largest absolute Gasteiger partial charge is 0.489 e. The van der Waals surface area contributed by atoms with Crippen molar-refractivity contribution in [3.05, 3.63) is 63.9 Å². The van der Waals surface area contributed by atoms with Crippen LogP contribution in [0.25, 0.3) is 0 Å². The van der Waals surface area contributed by atoms with Crippen LogP contribution in [0.5, 0.6) is 5.75 Å². The Bertz CT molecular complexity index is 625. The van der Waals surface area contributed by atoms with Crippen molar-refractivity contribution in [2.45, 2.75) is 26.5 Å². The van der Waals surface area contributed by atoms with E-state index < -0.39 is 0 Å². The molecular formula is C19H24BrClFNO2. The van der Waals surface area contributed by atoms with Gasteiger partial charge in [0.15, 0.2) is 0 Å². The van der Waals surface area contributed by atoms with Crippen molar-refractivity contribution in [3.63, 3.8) is 0 Å². The molecule has 0 fully saturated rings. The molecule has 1 N–H and O–H groups in total. The van der Waals surface area contributed by atoms with E-state index >= 15 is 0 Å². The lowest BCUT2D eigenvalue weighted by Gasteiger charge is -2.13. The van der Waals surface area contributed by atoms with Crippen molar-refractivity contribution in [2.24, 2.45) is 0 Å². The molecule has 2 aromatic rings. The van der Waals surface area contributed by atoms with E-state index in [0.29, 0.717) is 6.61 Å². The molecule has 0 spiro atoms. The second-order valence-corrected chi connectivity index (χ2v) is 6.31.